The van der Waals surface area contributed by atoms with Gasteiger partial charge in [0.25, 0.3) is 5.24 Å². The number of nitrogens with zero attached hydrogens (tertiary/aromatic N) is 1. The summed E-state index contributed by atoms with van der Waals surface area (Å²) >= 11 is 1.12. The molecule has 182 valence electrons. The van der Waals surface area contributed by atoms with Crippen molar-refractivity contribution in [3.63, 3.8) is 0 Å². The zero-order valence-corrected chi connectivity index (χ0v) is 20.5. The summed E-state index contributed by atoms with van der Waals surface area (Å²) in [7, 11) is 0. The molecule has 7 heteroatoms. The normalized spacial score (nSPS) is 19.3. The second kappa shape index (κ2) is 9.26. The molecule has 0 aromatic heterocycles. The van der Waals surface area contributed by atoms with Crippen molar-refractivity contribution in [1.29, 1.82) is 0 Å². The molecule has 0 spiro atoms. The van der Waals surface area contributed by atoms with Gasteiger partial charge in [0.15, 0.2) is 0 Å². The Kier molecular flexibility index (Phi) is 6.30. The van der Waals surface area contributed by atoms with Crippen LogP contribution < -0.4 is 10.2 Å². The van der Waals surface area contributed by atoms with E-state index >= 15 is 0 Å². The van der Waals surface area contributed by atoms with Crippen LogP contribution in [0.15, 0.2) is 60.7 Å². The summed E-state index contributed by atoms with van der Waals surface area (Å²) in [4.78, 5) is 14.6. The van der Waals surface area contributed by atoms with Crippen molar-refractivity contribution in [2.45, 2.75) is 37.8 Å². The van der Waals surface area contributed by atoms with E-state index < -0.39 is 11.7 Å². The molecule has 35 heavy (non-hydrogen) atoms. The summed E-state index contributed by atoms with van der Waals surface area (Å²) in [5.74, 6) is 0.156. The van der Waals surface area contributed by atoms with Gasteiger partial charge in [0, 0.05) is 36.3 Å². The largest absolute Gasteiger partial charge is 0.416 e. The lowest BCUT2D eigenvalue weighted by atomic mass is 9.76. The number of thioether (sulfide) groups is 1. The van der Waals surface area contributed by atoms with Gasteiger partial charge in [-0.05, 0) is 72.5 Å². The molecular weight excluding hydrogens is 469 g/mol. The van der Waals surface area contributed by atoms with Crippen LogP contribution in [0.5, 0.6) is 0 Å². The molecule has 2 aliphatic heterocycles. The molecule has 1 amide bonds. The molecule has 3 aromatic rings. The van der Waals surface area contributed by atoms with Crippen LogP contribution in [-0.4, -0.2) is 24.6 Å². The number of benzene rings is 3. The number of alkyl halides is 3. The summed E-state index contributed by atoms with van der Waals surface area (Å²) in [5.41, 5.74) is 6.81. The molecule has 0 fully saturated rings. The van der Waals surface area contributed by atoms with Gasteiger partial charge in [-0.15, -0.1) is 0 Å². The fraction of sp³-hybridized carbons (Fsp3) is 0.321. The maximum atomic E-state index is 13.1. The van der Waals surface area contributed by atoms with E-state index in [1.165, 1.54) is 34.5 Å². The number of carbonyl (C=O) groups excluding carboxylic acids is 1. The lowest BCUT2D eigenvalue weighted by molar-refractivity contribution is -0.137. The number of rotatable bonds is 3. The third kappa shape index (κ3) is 4.66. The van der Waals surface area contributed by atoms with Crippen molar-refractivity contribution in [2.24, 2.45) is 0 Å². The highest BCUT2D eigenvalue weighted by Gasteiger charge is 2.36. The Balaban J connectivity index is 1.63. The van der Waals surface area contributed by atoms with Gasteiger partial charge in [-0.25, -0.2) is 0 Å². The topological polar surface area (TPSA) is 32.3 Å². The Morgan fingerprint density at radius 2 is 1.43 bits per heavy atom. The molecule has 5 rings (SSSR count). The van der Waals surface area contributed by atoms with Crippen LogP contribution in [0.1, 0.15) is 58.1 Å². The van der Waals surface area contributed by atoms with Crippen LogP contribution in [0.4, 0.5) is 29.3 Å². The molecule has 3 nitrogen and oxygen atoms in total. The van der Waals surface area contributed by atoms with Gasteiger partial charge < -0.3 is 10.2 Å². The highest BCUT2D eigenvalue weighted by molar-refractivity contribution is 8.13. The molecule has 0 aliphatic carbocycles. The molecule has 0 unspecified atom stereocenters. The van der Waals surface area contributed by atoms with Crippen LogP contribution >= 0.6 is 11.8 Å². The van der Waals surface area contributed by atoms with E-state index in [1.54, 1.807) is 18.4 Å². The van der Waals surface area contributed by atoms with Gasteiger partial charge in [-0.3, -0.25) is 4.79 Å². The summed E-state index contributed by atoms with van der Waals surface area (Å²) < 4.78 is 39.4. The first kappa shape index (κ1) is 23.8. The minimum Gasteiger partial charge on any atom is -0.371 e. The minimum absolute atomic E-state index is 0.0369. The number of hydrogen-bond donors (Lipinski definition) is 1. The maximum Gasteiger partial charge on any atom is 0.416 e. The first-order valence-electron chi connectivity index (χ1n) is 11.8. The third-order valence-corrected chi connectivity index (χ3v) is 7.64. The Bertz CT molecular complexity index is 1240. The zero-order valence-electron chi connectivity index (χ0n) is 19.7. The summed E-state index contributed by atoms with van der Waals surface area (Å²) in [6.45, 7) is 3.85. The highest BCUT2D eigenvalue weighted by atomic mass is 32.2. The van der Waals surface area contributed by atoms with E-state index in [9.17, 15) is 18.0 Å². The van der Waals surface area contributed by atoms with Crippen LogP contribution in [0, 0.1) is 6.92 Å². The second-order valence-corrected chi connectivity index (χ2v) is 10.1. The fourth-order valence-electron chi connectivity index (χ4n) is 5.43. The van der Waals surface area contributed by atoms with E-state index in [0.29, 0.717) is 0 Å². The van der Waals surface area contributed by atoms with Gasteiger partial charge in [-0.2, -0.15) is 13.2 Å². The van der Waals surface area contributed by atoms with Gasteiger partial charge in [0.1, 0.15) is 0 Å². The Morgan fingerprint density at radius 1 is 0.914 bits per heavy atom. The van der Waals surface area contributed by atoms with Crippen molar-refractivity contribution in [3.05, 3.63) is 94.0 Å². The van der Waals surface area contributed by atoms with Crippen LogP contribution in [0.25, 0.3) is 0 Å². The second-order valence-electron chi connectivity index (χ2n) is 9.32. The molecule has 1 N–H and O–H groups in total. The predicted octanol–water partition coefficient (Wildman–Crippen LogP) is 7.79. The van der Waals surface area contributed by atoms with E-state index in [1.807, 2.05) is 6.07 Å². The Hall–Kier alpha value is -2.93. The van der Waals surface area contributed by atoms with Crippen molar-refractivity contribution in [2.75, 3.05) is 29.6 Å². The summed E-state index contributed by atoms with van der Waals surface area (Å²) in [6.07, 6.45) is -0.836. The molecule has 0 saturated heterocycles. The molecular formula is C28H27F3N2OS. The van der Waals surface area contributed by atoms with Gasteiger partial charge in [0.05, 0.1) is 5.56 Å². The smallest absolute Gasteiger partial charge is 0.371 e. The van der Waals surface area contributed by atoms with Crippen molar-refractivity contribution < 1.29 is 18.0 Å². The predicted molar refractivity (Wildman–Crippen MR) is 137 cm³/mol. The maximum absolute atomic E-state index is 13.1. The number of nitrogens with one attached hydrogen (secondary N) is 1. The number of halogens is 3. The molecule has 2 aliphatic rings. The lowest BCUT2D eigenvalue weighted by Gasteiger charge is -2.43. The fourth-order valence-corrected chi connectivity index (χ4v) is 5.65. The third-order valence-electron chi connectivity index (χ3n) is 7.16. The van der Waals surface area contributed by atoms with Crippen LogP contribution in [0.3, 0.4) is 0 Å². The van der Waals surface area contributed by atoms with E-state index in [0.717, 1.165) is 54.5 Å². The summed E-state index contributed by atoms with van der Waals surface area (Å²) in [5, 5.41) is 2.85. The van der Waals surface area contributed by atoms with Crippen molar-refractivity contribution in [3.8, 4) is 0 Å². The molecule has 0 saturated carbocycles. The average molecular weight is 497 g/mol. The molecule has 2 atom stereocenters. The first-order valence-corrected chi connectivity index (χ1v) is 13.0. The molecule has 3 aromatic carbocycles. The SMILES string of the molecule is CSC(=O)Nc1cc2c3c(c1)[C@H](c1ccc(C(F)(F)F)cc1)CCN3CC[C@H]2c1ccc(C)cc1. The number of anilines is 2. The van der Waals surface area contributed by atoms with Crippen LogP contribution in [-0.2, 0) is 6.18 Å². The quantitative estimate of drug-likeness (QED) is 0.402. The standard InChI is InChI=1S/C28H27F3N2OS/c1-17-3-5-18(6-4-17)22-11-13-33-14-12-23(19-7-9-20(10-8-19)28(29,30)31)25-16-21(32-27(34)35-2)15-24(22)26(25)33/h3-10,15-16,22-23H,11-14H2,1-2H3,(H,32,34)/t22-,23-/m0/s1. The molecule has 0 radical (unpaired) electrons. The highest BCUT2D eigenvalue weighted by Crippen LogP contribution is 2.50. The van der Waals surface area contributed by atoms with Crippen molar-refractivity contribution >= 4 is 28.4 Å². The zero-order chi connectivity index (χ0) is 24.7. The van der Waals surface area contributed by atoms with E-state index in [4.69, 9.17) is 0 Å². The molecule has 0 bridgehead atoms. The van der Waals surface area contributed by atoms with Crippen molar-refractivity contribution in [1.82, 2.24) is 0 Å². The number of carbonyl (C=O) groups is 1. The lowest BCUT2D eigenvalue weighted by Crippen LogP contribution is -2.37. The monoisotopic (exact) mass is 496 g/mol. The average Bonchev–Trinajstić information content (AvgIpc) is 2.84. The van der Waals surface area contributed by atoms with E-state index in [2.05, 4.69) is 47.5 Å². The first-order chi connectivity index (χ1) is 16.7. The van der Waals surface area contributed by atoms with Gasteiger partial charge in [0.2, 0.25) is 0 Å². The van der Waals surface area contributed by atoms with Gasteiger partial charge >= 0.3 is 6.18 Å². The van der Waals surface area contributed by atoms with E-state index in [-0.39, 0.29) is 17.1 Å². The number of aryl methyl sites for hydroxylation is 1. The Morgan fingerprint density at radius 3 is 1.91 bits per heavy atom. The number of amides is 1. The van der Waals surface area contributed by atoms with Gasteiger partial charge in [-0.1, -0.05) is 53.7 Å². The molecule has 2 heterocycles. The summed E-state index contributed by atoms with van der Waals surface area (Å²) in [6, 6.07) is 18.2. The Labute approximate surface area is 207 Å². The minimum atomic E-state index is -4.36. The van der Waals surface area contributed by atoms with Crippen LogP contribution in [0.2, 0.25) is 0 Å². The number of hydrogen-bond acceptors (Lipinski definition) is 3.